The second-order valence-electron chi connectivity index (χ2n) is 4.89. The predicted molar refractivity (Wildman–Crippen MR) is 81.8 cm³/mol. The smallest absolute Gasteiger partial charge is 0.261 e. The zero-order chi connectivity index (χ0) is 15.1. The molecule has 1 fully saturated rings. The third-order valence-corrected chi connectivity index (χ3v) is 5.92. The number of amides is 1. The molecule has 0 saturated heterocycles. The average molecular weight is 401 g/mol. The van der Waals surface area contributed by atoms with Crippen LogP contribution in [-0.4, -0.2) is 20.9 Å². The number of nitrogens with one attached hydrogen (secondary N) is 1. The minimum Gasteiger partial charge on any atom is -0.352 e. The second kappa shape index (κ2) is 5.83. The molecule has 1 amide bonds. The summed E-state index contributed by atoms with van der Waals surface area (Å²) in [7, 11) is 1.37. The molecule has 8 heteroatoms. The Bertz CT molecular complexity index is 663. The standard InChI is InChI=1S/C12H12BrCl2NO3S/c1-6-2-7(6)5-16-12(17)9-3-8(20(15,18)19)4-10(13)11(9)14/h3-4,6-7H,2,5H2,1H3,(H,16,17). The van der Waals surface area contributed by atoms with E-state index in [1.54, 1.807) is 0 Å². The first-order chi connectivity index (χ1) is 9.20. The summed E-state index contributed by atoms with van der Waals surface area (Å²) in [6, 6.07) is 2.45. The van der Waals surface area contributed by atoms with Crippen molar-refractivity contribution in [2.45, 2.75) is 18.2 Å². The Labute approximate surface area is 135 Å². The number of rotatable bonds is 4. The van der Waals surface area contributed by atoms with Gasteiger partial charge in [0.1, 0.15) is 0 Å². The molecule has 1 aliphatic carbocycles. The van der Waals surface area contributed by atoms with Crippen LogP contribution in [0.15, 0.2) is 21.5 Å². The molecular formula is C12H12BrCl2NO3S. The van der Waals surface area contributed by atoms with Crippen LogP contribution in [0.25, 0.3) is 0 Å². The summed E-state index contributed by atoms with van der Waals surface area (Å²) in [5, 5.41) is 2.92. The summed E-state index contributed by atoms with van der Waals surface area (Å²) in [6.45, 7) is 2.67. The number of hydrogen-bond donors (Lipinski definition) is 1. The fraction of sp³-hybridized carbons (Fsp3) is 0.417. The lowest BCUT2D eigenvalue weighted by Gasteiger charge is -2.09. The molecule has 2 atom stereocenters. The van der Waals surface area contributed by atoms with Gasteiger partial charge >= 0.3 is 0 Å². The number of benzene rings is 1. The fourth-order valence-corrected chi connectivity index (χ4v) is 3.46. The Balaban J connectivity index is 2.25. The Morgan fingerprint density at radius 3 is 2.60 bits per heavy atom. The lowest BCUT2D eigenvalue weighted by molar-refractivity contribution is 0.0951. The maximum absolute atomic E-state index is 12.1. The van der Waals surface area contributed by atoms with E-state index in [1.807, 2.05) is 0 Å². The minimum absolute atomic E-state index is 0.0913. The molecule has 0 aromatic heterocycles. The van der Waals surface area contributed by atoms with Crippen LogP contribution in [0.2, 0.25) is 5.02 Å². The molecule has 110 valence electrons. The van der Waals surface area contributed by atoms with E-state index < -0.39 is 15.0 Å². The largest absolute Gasteiger partial charge is 0.352 e. The number of carbonyl (C=O) groups is 1. The Kier molecular flexibility index (Phi) is 4.69. The molecule has 2 rings (SSSR count). The summed E-state index contributed by atoms with van der Waals surface area (Å²) < 4.78 is 23.0. The molecule has 2 unspecified atom stereocenters. The topological polar surface area (TPSA) is 63.2 Å². The van der Waals surface area contributed by atoms with E-state index in [-0.39, 0.29) is 15.5 Å². The molecule has 1 aromatic carbocycles. The van der Waals surface area contributed by atoms with Crippen LogP contribution in [-0.2, 0) is 9.05 Å². The van der Waals surface area contributed by atoms with Crippen molar-refractivity contribution in [3.05, 3.63) is 27.2 Å². The molecule has 0 bridgehead atoms. The van der Waals surface area contributed by atoms with E-state index >= 15 is 0 Å². The van der Waals surface area contributed by atoms with Gasteiger partial charge in [-0.2, -0.15) is 0 Å². The molecular weight excluding hydrogens is 389 g/mol. The molecule has 1 N–H and O–H groups in total. The van der Waals surface area contributed by atoms with E-state index in [0.29, 0.717) is 22.9 Å². The molecule has 0 radical (unpaired) electrons. The van der Waals surface area contributed by atoms with Crippen molar-refractivity contribution in [2.75, 3.05) is 6.54 Å². The van der Waals surface area contributed by atoms with Crippen molar-refractivity contribution in [3.63, 3.8) is 0 Å². The van der Waals surface area contributed by atoms with Gasteiger partial charge in [-0.05, 0) is 46.3 Å². The Morgan fingerprint density at radius 2 is 2.10 bits per heavy atom. The van der Waals surface area contributed by atoms with Gasteiger partial charge in [-0.1, -0.05) is 18.5 Å². The van der Waals surface area contributed by atoms with E-state index in [4.69, 9.17) is 22.3 Å². The average Bonchev–Trinajstić information content (AvgIpc) is 3.04. The first kappa shape index (κ1) is 16.1. The first-order valence-corrected chi connectivity index (χ1v) is 9.40. The van der Waals surface area contributed by atoms with Gasteiger partial charge in [-0.25, -0.2) is 8.42 Å². The highest BCUT2D eigenvalue weighted by molar-refractivity contribution is 9.10. The van der Waals surface area contributed by atoms with Gasteiger partial charge < -0.3 is 5.32 Å². The zero-order valence-corrected chi connectivity index (χ0v) is 14.4. The quantitative estimate of drug-likeness (QED) is 0.787. The predicted octanol–water partition coefficient (Wildman–Crippen LogP) is 3.42. The lowest BCUT2D eigenvalue weighted by atomic mass is 10.2. The lowest BCUT2D eigenvalue weighted by Crippen LogP contribution is -2.26. The van der Waals surface area contributed by atoms with Crippen molar-refractivity contribution in [2.24, 2.45) is 11.8 Å². The summed E-state index contributed by atoms with van der Waals surface area (Å²) in [4.78, 5) is 11.9. The number of halogens is 3. The summed E-state index contributed by atoms with van der Waals surface area (Å²) in [6.07, 6.45) is 1.09. The van der Waals surface area contributed by atoms with Gasteiger partial charge in [0.05, 0.1) is 15.5 Å². The third-order valence-electron chi connectivity index (χ3n) is 3.33. The van der Waals surface area contributed by atoms with Gasteiger partial charge in [0.2, 0.25) is 0 Å². The van der Waals surface area contributed by atoms with E-state index in [9.17, 15) is 13.2 Å². The van der Waals surface area contributed by atoms with Crippen molar-refractivity contribution < 1.29 is 13.2 Å². The highest BCUT2D eigenvalue weighted by Crippen LogP contribution is 2.37. The van der Waals surface area contributed by atoms with Gasteiger partial charge in [0.15, 0.2) is 0 Å². The molecule has 20 heavy (non-hydrogen) atoms. The van der Waals surface area contributed by atoms with Crippen molar-refractivity contribution in [1.82, 2.24) is 5.32 Å². The summed E-state index contributed by atoms with van der Waals surface area (Å²) in [5.74, 6) is 0.699. The maximum atomic E-state index is 12.1. The Hall–Kier alpha value is -0.300. The van der Waals surface area contributed by atoms with Crippen LogP contribution in [0, 0.1) is 11.8 Å². The van der Waals surface area contributed by atoms with Gasteiger partial charge in [-0.15, -0.1) is 0 Å². The van der Waals surface area contributed by atoms with Crippen molar-refractivity contribution >= 4 is 53.2 Å². The SMILES string of the molecule is CC1CC1CNC(=O)c1cc(S(=O)(=O)Cl)cc(Br)c1Cl. The maximum Gasteiger partial charge on any atom is 0.261 e. The van der Waals surface area contributed by atoms with E-state index in [2.05, 4.69) is 28.2 Å². The summed E-state index contributed by atoms with van der Waals surface area (Å²) >= 11 is 9.15. The highest BCUT2D eigenvalue weighted by atomic mass is 79.9. The van der Waals surface area contributed by atoms with Gasteiger partial charge in [0, 0.05) is 21.7 Å². The van der Waals surface area contributed by atoms with Crippen molar-refractivity contribution in [1.29, 1.82) is 0 Å². The molecule has 0 spiro atoms. The molecule has 1 aliphatic rings. The molecule has 0 aliphatic heterocycles. The second-order valence-corrected chi connectivity index (χ2v) is 8.69. The number of carbonyl (C=O) groups excluding carboxylic acids is 1. The monoisotopic (exact) mass is 399 g/mol. The zero-order valence-electron chi connectivity index (χ0n) is 10.5. The van der Waals surface area contributed by atoms with Crippen LogP contribution >= 0.6 is 38.2 Å². The highest BCUT2D eigenvalue weighted by Gasteiger charge is 2.32. The van der Waals surface area contributed by atoms with Gasteiger partial charge in [0.25, 0.3) is 15.0 Å². The molecule has 0 heterocycles. The molecule has 1 saturated carbocycles. The van der Waals surface area contributed by atoms with Gasteiger partial charge in [-0.3, -0.25) is 4.79 Å². The molecule has 4 nitrogen and oxygen atoms in total. The van der Waals surface area contributed by atoms with Crippen LogP contribution < -0.4 is 5.32 Å². The van der Waals surface area contributed by atoms with E-state index in [0.717, 1.165) is 6.42 Å². The number of hydrogen-bond acceptors (Lipinski definition) is 3. The van der Waals surface area contributed by atoms with E-state index in [1.165, 1.54) is 12.1 Å². The first-order valence-electron chi connectivity index (χ1n) is 5.92. The van der Waals surface area contributed by atoms with Crippen LogP contribution in [0.1, 0.15) is 23.7 Å². The minimum atomic E-state index is -3.92. The fourth-order valence-electron chi connectivity index (χ4n) is 1.87. The van der Waals surface area contributed by atoms with Crippen LogP contribution in [0.3, 0.4) is 0 Å². The normalized spacial score (nSPS) is 21.6. The van der Waals surface area contributed by atoms with Crippen LogP contribution in [0.5, 0.6) is 0 Å². The van der Waals surface area contributed by atoms with Crippen LogP contribution in [0.4, 0.5) is 0 Å². The molecule has 1 aromatic rings. The Morgan fingerprint density at radius 1 is 1.50 bits per heavy atom. The van der Waals surface area contributed by atoms with Crippen molar-refractivity contribution in [3.8, 4) is 0 Å². The summed E-state index contributed by atoms with van der Waals surface area (Å²) in [5.41, 5.74) is 0.0913. The third kappa shape index (κ3) is 3.67.